The zero-order valence-corrected chi connectivity index (χ0v) is 10.9. The summed E-state index contributed by atoms with van der Waals surface area (Å²) >= 11 is 3.50. The van der Waals surface area contributed by atoms with Gasteiger partial charge in [0.25, 0.3) is 0 Å². The van der Waals surface area contributed by atoms with Gasteiger partial charge < -0.3 is 5.32 Å². The average molecular weight is 292 g/mol. The van der Waals surface area contributed by atoms with Gasteiger partial charge in [-0.1, -0.05) is 28.9 Å². The minimum absolute atomic E-state index is 0.116. The lowest BCUT2D eigenvalue weighted by Crippen LogP contribution is -2.19. The molecule has 1 rings (SSSR count). The third-order valence-electron chi connectivity index (χ3n) is 2.44. The predicted octanol–water partition coefficient (Wildman–Crippen LogP) is 3.62. The topological polar surface area (TPSA) is 12.0 Å². The van der Waals surface area contributed by atoms with Crippen LogP contribution in [0, 0.1) is 11.6 Å². The second-order valence-corrected chi connectivity index (χ2v) is 4.97. The average Bonchev–Trinajstić information content (AvgIpc) is 2.27. The van der Waals surface area contributed by atoms with Gasteiger partial charge in [-0.05, 0) is 31.5 Å². The molecule has 4 heteroatoms. The van der Waals surface area contributed by atoms with Crippen molar-refractivity contribution in [3.8, 4) is 0 Å². The molecule has 0 fully saturated rings. The number of hydrogen-bond donors (Lipinski definition) is 1. The Morgan fingerprint density at radius 1 is 1.31 bits per heavy atom. The Bertz CT molecular complexity index is 311. The Kier molecular flexibility index (Phi) is 5.91. The standard InChI is InChI=1S/C12H16BrF2N/c1-2-9(13)6-7-16-8-10-11(14)4-3-5-12(10)15/h3-5,9,16H,2,6-8H2,1H3. The lowest BCUT2D eigenvalue weighted by molar-refractivity contribution is 0.531. The molecule has 0 heterocycles. The zero-order chi connectivity index (χ0) is 12.0. The van der Waals surface area contributed by atoms with Crippen LogP contribution in [0.5, 0.6) is 0 Å². The third-order valence-corrected chi connectivity index (χ3v) is 3.55. The first-order valence-corrected chi connectivity index (χ1v) is 6.34. The molecule has 1 aromatic carbocycles. The predicted molar refractivity (Wildman–Crippen MR) is 65.7 cm³/mol. The van der Waals surface area contributed by atoms with Crippen molar-refractivity contribution in [3.05, 3.63) is 35.4 Å². The van der Waals surface area contributed by atoms with Crippen molar-refractivity contribution in [2.45, 2.75) is 31.1 Å². The van der Waals surface area contributed by atoms with Gasteiger partial charge in [0.1, 0.15) is 11.6 Å². The van der Waals surface area contributed by atoms with Crippen LogP contribution in [0.4, 0.5) is 8.78 Å². The highest BCUT2D eigenvalue weighted by Gasteiger charge is 2.07. The highest BCUT2D eigenvalue weighted by molar-refractivity contribution is 9.09. The maximum Gasteiger partial charge on any atom is 0.130 e. The van der Waals surface area contributed by atoms with Crippen LogP contribution in [0.3, 0.4) is 0 Å². The zero-order valence-electron chi connectivity index (χ0n) is 9.27. The second kappa shape index (κ2) is 6.97. The summed E-state index contributed by atoms with van der Waals surface area (Å²) in [5, 5.41) is 3.04. The van der Waals surface area contributed by atoms with Gasteiger partial charge in [-0.3, -0.25) is 0 Å². The van der Waals surface area contributed by atoms with Gasteiger partial charge in [0.05, 0.1) is 0 Å². The fourth-order valence-corrected chi connectivity index (χ4v) is 1.61. The van der Waals surface area contributed by atoms with E-state index >= 15 is 0 Å². The summed E-state index contributed by atoms with van der Waals surface area (Å²) in [6.45, 7) is 3.08. The van der Waals surface area contributed by atoms with Gasteiger partial charge in [-0.25, -0.2) is 8.78 Å². The fraction of sp³-hybridized carbons (Fsp3) is 0.500. The van der Waals surface area contributed by atoms with Crippen molar-refractivity contribution in [3.63, 3.8) is 0 Å². The molecular formula is C12H16BrF2N. The molecule has 0 bridgehead atoms. The van der Waals surface area contributed by atoms with E-state index in [0.29, 0.717) is 4.83 Å². The summed E-state index contributed by atoms with van der Waals surface area (Å²) in [6.07, 6.45) is 2.00. The SMILES string of the molecule is CCC(Br)CCNCc1c(F)cccc1F. The molecule has 0 spiro atoms. The van der Waals surface area contributed by atoms with E-state index in [1.54, 1.807) is 0 Å². The minimum Gasteiger partial charge on any atom is -0.312 e. The fourth-order valence-electron chi connectivity index (χ4n) is 1.38. The summed E-state index contributed by atoms with van der Waals surface area (Å²) in [5.74, 6) is -0.975. The molecule has 0 radical (unpaired) electrons. The Hall–Kier alpha value is -0.480. The number of benzene rings is 1. The molecule has 0 aliphatic heterocycles. The van der Waals surface area contributed by atoms with E-state index in [0.717, 1.165) is 19.4 Å². The first-order chi connectivity index (χ1) is 7.65. The van der Waals surface area contributed by atoms with Crippen molar-refractivity contribution in [1.29, 1.82) is 0 Å². The quantitative estimate of drug-likeness (QED) is 0.624. The van der Waals surface area contributed by atoms with Crippen molar-refractivity contribution < 1.29 is 8.78 Å². The highest BCUT2D eigenvalue weighted by atomic mass is 79.9. The molecule has 0 amide bonds. The van der Waals surface area contributed by atoms with E-state index < -0.39 is 11.6 Å². The van der Waals surface area contributed by atoms with E-state index in [9.17, 15) is 8.78 Å². The summed E-state index contributed by atoms with van der Waals surface area (Å²) in [5.41, 5.74) is 0.116. The molecule has 0 saturated heterocycles. The molecule has 1 aromatic rings. The van der Waals surface area contributed by atoms with Crippen molar-refractivity contribution in [2.75, 3.05) is 6.54 Å². The Morgan fingerprint density at radius 2 is 1.94 bits per heavy atom. The monoisotopic (exact) mass is 291 g/mol. The second-order valence-electron chi connectivity index (χ2n) is 3.67. The van der Waals surface area contributed by atoms with Gasteiger partial charge in [0, 0.05) is 16.9 Å². The molecule has 1 unspecified atom stereocenters. The van der Waals surface area contributed by atoms with Crippen LogP contribution in [0.25, 0.3) is 0 Å². The Morgan fingerprint density at radius 3 is 2.50 bits per heavy atom. The van der Waals surface area contributed by atoms with Gasteiger partial charge in [-0.15, -0.1) is 0 Å². The van der Waals surface area contributed by atoms with Gasteiger partial charge in [0.15, 0.2) is 0 Å². The molecule has 1 atom stereocenters. The summed E-state index contributed by atoms with van der Waals surface area (Å²) in [4.78, 5) is 0.463. The van der Waals surface area contributed by atoms with E-state index in [4.69, 9.17) is 0 Å². The molecular weight excluding hydrogens is 276 g/mol. The van der Waals surface area contributed by atoms with Gasteiger partial charge in [-0.2, -0.15) is 0 Å². The normalized spacial score (nSPS) is 12.8. The van der Waals surface area contributed by atoms with E-state index in [2.05, 4.69) is 28.2 Å². The van der Waals surface area contributed by atoms with Crippen molar-refractivity contribution in [2.24, 2.45) is 0 Å². The van der Waals surface area contributed by atoms with Crippen molar-refractivity contribution >= 4 is 15.9 Å². The molecule has 16 heavy (non-hydrogen) atoms. The molecule has 1 N–H and O–H groups in total. The molecule has 1 nitrogen and oxygen atoms in total. The van der Waals surface area contributed by atoms with Crippen molar-refractivity contribution in [1.82, 2.24) is 5.32 Å². The number of rotatable bonds is 6. The molecule has 0 aliphatic carbocycles. The van der Waals surface area contributed by atoms with Crippen LogP contribution in [0.15, 0.2) is 18.2 Å². The summed E-state index contributed by atoms with van der Waals surface area (Å²) in [6, 6.07) is 3.93. The third kappa shape index (κ3) is 4.18. The van der Waals surface area contributed by atoms with Crippen LogP contribution >= 0.6 is 15.9 Å². The van der Waals surface area contributed by atoms with Crippen LogP contribution in [-0.2, 0) is 6.54 Å². The smallest absolute Gasteiger partial charge is 0.130 e. The molecule has 0 aromatic heterocycles. The lowest BCUT2D eigenvalue weighted by atomic mass is 10.2. The number of halogens is 3. The number of nitrogens with one attached hydrogen (secondary N) is 1. The molecule has 90 valence electrons. The Labute approximate surface area is 103 Å². The number of hydrogen-bond acceptors (Lipinski definition) is 1. The lowest BCUT2D eigenvalue weighted by Gasteiger charge is -2.09. The van der Waals surface area contributed by atoms with E-state index in [-0.39, 0.29) is 12.1 Å². The summed E-state index contributed by atoms with van der Waals surface area (Å²) in [7, 11) is 0. The van der Waals surface area contributed by atoms with Gasteiger partial charge in [0.2, 0.25) is 0 Å². The molecule has 0 aliphatic rings. The maximum atomic E-state index is 13.2. The summed E-state index contributed by atoms with van der Waals surface area (Å²) < 4.78 is 26.4. The number of alkyl halides is 1. The highest BCUT2D eigenvalue weighted by Crippen LogP contribution is 2.12. The first-order valence-electron chi connectivity index (χ1n) is 5.42. The van der Waals surface area contributed by atoms with Crippen LogP contribution in [0.2, 0.25) is 0 Å². The van der Waals surface area contributed by atoms with Gasteiger partial charge >= 0.3 is 0 Å². The van der Waals surface area contributed by atoms with E-state index in [1.807, 2.05) is 0 Å². The maximum absolute atomic E-state index is 13.2. The largest absolute Gasteiger partial charge is 0.312 e. The first kappa shape index (κ1) is 13.6. The minimum atomic E-state index is -0.488. The van der Waals surface area contributed by atoms with E-state index in [1.165, 1.54) is 18.2 Å². The Balaban J connectivity index is 2.37. The molecule has 0 saturated carbocycles. The van der Waals surface area contributed by atoms with Crippen LogP contribution in [-0.4, -0.2) is 11.4 Å². The van der Waals surface area contributed by atoms with Crippen LogP contribution in [0.1, 0.15) is 25.3 Å². The van der Waals surface area contributed by atoms with Crippen LogP contribution < -0.4 is 5.32 Å².